The Balaban J connectivity index is 2.80. The fraction of sp³-hybridized carbons (Fsp3) is 0.500. The summed E-state index contributed by atoms with van der Waals surface area (Å²) in [4.78, 5) is 20.9. The molecule has 0 aliphatic carbocycles. The molecule has 0 aromatic rings. The smallest absolute Gasteiger partial charge is 0.276 e. The maximum atomic E-state index is 10.5. The zero-order valence-electron chi connectivity index (χ0n) is 4.88. The highest BCUT2D eigenvalue weighted by Crippen LogP contribution is 2.11. The van der Waals surface area contributed by atoms with Gasteiger partial charge in [-0.2, -0.15) is 0 Å². The van der Waals surface area contributed by atoms with E-state index >= 15 is 0 Å². The molecule has 1 aliphatic heterocycles. The molecule has 0 aromatic carbocycles. The molecule has 1 radical (unpaired) electrons. The quantitative estimate of drug-likeness (QED) is 0.218. The number of rotatable bonds is 1. The summed E-state index contributed by atoms with van der Waals surface area (Å²) in [5.74, 6) is -1.65. The van der Waals surface area contributed by atoms with Gasteiger partial charge in [0.1, 0.15) is 0 Å². The normalized spacial score (nSPS) is 32.6. The Bertz CT molecular complexity index is 192. The lowest BCUT2D eigenvalue weighted by Gasteiger charge is -2.12. The summed E-state index contributed by atoms with van der Waals surface area (Å²) in [6.45, 7) is 0. The summed E-state index contributed by atoms with van der Waals surface area (Å²) in [5, 5.41) is 20.5. The SMILES string of the molecule is [O]NC1(O)CC(=O)NC1=O. The van der Waals surface area contributed by atoms with Crippen LogP contribution >= 0.6 is 0 Å². The molecule has 10 heavy (non-hydrogen) atoms. The second-order valence-corrected chi connectivity index (χ2v) is 2.02. The number of hydrogen-bond donors (Lipinski definition) is 3. The van der Waals surface area contributed by atoms with Crippen molar-refractivity contribution in [3.05, 3.63) is 0 Å². The first-order valence-corrected chi connectivity index (χ1v) is 2.54. The third kappa shape index (κ3) is 0.878. The first-order chi connectivity index (χ1) is 4.58. The minimum absolute atomic E-state index is 0.519. The number of nitrogens with one attached hydrogen (secondary N) is 2. The number of amides is 2. The van der Waals surface area contributed by atoms with Crippen LogP contribution < -0.4 is 10.8 Å². The van der Waals surface area contributed by atoms with Gasteiger partial charge >= 0.3 is 0 Å². The van der Waals surface area contributed by atoms with Crippen LogP contribution in [0.5, 0.6) is 0 Å². The molecule has 6 heteroatoms. The predicted octanol–water partition coefficient (Wildman–Crippen LogP) is -2.34. The zero-order valence-corrected chi connectivity index (χ0v) is 4.88. The van der Waals surface area contributed by atoms with Crippen molar-refractivity contribution in [3.8, 4) is 0 Å². The van der Waals surface area contributed by atoms with Crippen LogP contribution in [0, 0.1) is 0 Å². The van der Waals surface area contributed by atoms with E-state index in [4.69, 9.17) is 5.11 Å². The van der Waals surface area contributed by atoms with Gasteiger partial charge in [-0.1, -0.05) is 0 Å². The highest BCUT2D eigenvalue weighted by atomic mass is 16.5. The van der Waals surface area contributed by atoms with E-state index in [-0.39, 0.29) is 0 Å². The maximum absolute atomic E-state index is 10.5. The Morgan fingerprint density at radius 2 is 2.20 bits per heavy atom. The lowest BCUT2D eigenvalue weighted by Crippen LogP contribution is -2.48. The molecule has 3 N–H and O–H groups in total. The van der Waals surface area contributed by atoms with Gasteiger partial charge in [-0.05, 0) is 0 Å². The first kappa shape index (κ1) is 7.13. The molecule has 1 fully saturated rings. The highest BCUT2D eigenvalue weighted by molar-refractivity contribution is 6.07. The number of carbonyl (C=O) groups excluding carboxylic acids is 2. The van der Waals surface area contributed by atoms with Crippen LogP contribution in [0.4, 0.5) is 0 Å². The lowest BCUT2D eigenvalue weighted by atomic mass is 10.2. The van der Waals surface area contributed by atoms with E-state index in [2.05, 4.69) is 0 Å². The summed E-state index contributed by atoms with van der Waals surface area (Å²) in [7, 11) is 0. The van der Waals surface area contributed by atoms with Crippen molar-refractivity contribution in [3.63, 3.8) is 0 Å². The number of hydroxylamine groups is 1. The van der Waals surface area contributed by atoms with Crippen LogP contribution in [-0.4, -0.2) is 22.6 Å². The van der Waals surface area contributed by atoms with Gasteiger partial charge in [0.05, 0.1) is 6.42 Å². The summed E-state index contributed by atoms with van der Waals surface area (Å²) in [5.41, 5.74) is -1.15. The Hall–Kier alpha value is -0.980. The summed E-state index contributed by atoms with van der Waals surface area (Å²) < 4.78 is 0. The molecule has 6 nitrogen and oxygen atoms in total. The first-order valence-electron chi connectivity index (χ1n) is 2.54. The second-order valence-electron chi connectivity index (χ2n) is 2.02. The van der Waals surface area contributed by atoms with E-state index in [9.17, 15) is 14.8 Å². The van der Waals surface area contributed by atoms with Crippen LogP contribution in [0.3, 0.4) is 0 Å². The average molecular weight is 145 g/mol. The third-order valence-corrected chi connectivity index (χ3v) is 1.21. The van der Waals surface area contributed by atoms with E-state index in [1.54, 1.807) is 5.32 Å². The molecule has 55 valence electrons. The predicted molar refractivity (Wildman–Crippen MR) is 26.5 cm³/mol. The Labute approximate surface area is 55.8 Å². The minimum Gasteiger partial charge on any atom is -0.365 e. The van der Waals surface area contributed by atoms with Crippen molar-refractivity contribution in [2.75, 3.05) is 0 Å². The molecule has 1 rings (SSSR count). The van der Waals surface area contributed by atoms with Crippen molar-refractivity contribution in [1.29, 1.82) is 0 Å². The fourth-order valence-corrected chi connectivity index (χ4v) is 0.669. The standard InChI is InChI=1S/C4H5N2O4/c7-2-1-4(9,6-10)3(8)5-2/h6,9H,1H2,(H,5,7,8). The summed E-state index contributed by atoms with van der Waals surface area (Å²) in [6, 6.07) is 0. The molecule has 1 aliphatic rings. The fourth-order valence-electron chi connectivity index (χ4n) is 0.669. The lowest BCUT2D eigenvalue weighted by molar-refractivity contribution is -0.160. The molecule has 0 bridgehead atoms. The van der Waals surface area contributed by atoms with E-state index in [1.807, 2.05) is 0 Å². The molecule has 0 saturated carbocycles. The van der Waals surface area contributed by atoms with Crippen LogP contribution in [0.15, 0.2) is 0 Å². The van der Waals surface area contributed by atoms with E-state index < -0.39 is 24.0 Å². The van der Waals surface area contributed by atoms with Gasteiger partial charge in [-0.25, -0.2) is 0 Å². The highest BCUT2D eigenvalue weighted by Gasteiger charge is 2.45. The molecule has 1 atom stereocenters. The maximum Gasteiger partial charge on any atom is 0.276 e. The Morgan fingerprint density at radius 1 is 1.60 bits per heavy atom. The van der Waals surface area contributed by atoms with Crippen LogP contribution in [0.1, 0.15) is 6.42 Å². The monoisotopic (exact) mass is 145 g/mol. The molecule has 0 aromatic heterocycles. The number of aliphatic hydroxyl groups is 1. The number of imide groups is 1. The van der Waals surface area contributed by atoms with Crippen molar-refractivity contribution >= 4 is 11.8 Å². The number of hydrogen-bond acceptors (Lipinski definition) is 4. The van der Waals surface area contributed by atoms with Crippen molar-refractivity contribution in [2.45, 2.75) is 12.1 Å². The topological polar surface area (TPSA) is 98.3 Å². The molecular formula is C4H5N2O4. The summed E-state index contributed by atoms with van der Waals surface area (Å²) in [6.07, 6.45) is -0.519. The molecular weight excluding hydrogens is 140 g/mol. The van der Waals surface area contributed by atoms with E-state index in [0.29, 0.717) is 0 Å². The van der Waals surface area contributed by atoms with E-state index in [1.165, 1.54) is 0 Å². The van der Waals surface area contributed by atoms with Gasteiger partial charge in [-0.15, -0.1) is 10.7 Å². The van der Waals surface area contributed by atoms with Gasteiger partial charge in [-0.3, -0.25) is 14.9 Å². The van der Waals surface area contributed by atoms with Crippen molar-refractivity contribution < 1.29 is 19.9 Å². The van der Waals surface area contributed by atoms with Gasteiger partial charge in [0.25, 0.3) is 5.91 Å². The summed E-state index contributed by atoms with van der Waals surface area (Å²) >= 11 is 0. The molecule has 1 unspecified atom stereocenters. The molecule has 2 amide bonds. The van der Waals surface area contributed by atoms with Crippen LogP contribution in [0.25, 0.3) is 0 Å². The minimum atomic E-state index is -2.24. The molecule has 1 saturated heterocycles. The second kappa shape index (κ2) is 2.01. The van der Waals surface area contributed by atoms with Crippen molar-refractivity contribution in [2.24, 2.45) is 0 Å². The Morgan fingerprint density at radius 3 is 2.40 bits per heavy atom. The Kier molecular flexibility index (Phi) is 1.43. The zero-order chi connectivity index (χ0) is 7.78. The largest absolute Gasteiger partial charge is 0.365 e. The van der Waals surface area contributed by atoms with Crippen molar-refractivity contribution in [1.82, 2.24) is 10.8 Å². The average Bonchev–Trinajstić information content (AvgIpc) is 2.09. The van der Waals surface area contributed by atoms with Gasteiger partial charge in [0, 0.05) is 0 Å². The third-order valence-electron chi connectivity index (χ3n) is 1.21. The van der Waals surface area contributed by atoms with Gasteiger partial charge in [0.2, 0.25) is 11.6 Å². The van der Waals surface area contributed by atoms with Gasteiger partial charge < -0.3 is 5.11 Å². The van der Waals surface area contributed by atoms with E-state index in [0.717, 1.165) is 5.48 Å². The van der Waals surface area contributed by atoms with Gasteiger partial charge in [0.15, 0.2) is 0 Å². The molecule has 0 spiro atoms. The number of carbonyl (C=O) groups is 2. The molecule has 1 heterocycles. The van der Waals surface area contributed by atoms with Crippen LogP contribution in [0.2, 0.25) is 0 Å². The van der Waals surface area contributed by atoms with Crippen LogP contribution in [-0.2, 0) is 14.8 Å².